The molecule has 0 N–H and O–H groups in total. The van der Waals surface area contributed by atoms with Crippen molar-refractivity contribution in [3.05, 3.63) is 35.1 Å². The lowest BCUT2D eigenvalue weighted by Crippen LogP contribution is -2.12. The first-order valence-electron chi connectivity index (χ1n) is 9.89. The highest BCUT2D eigenvalue weighted by atomic mass is 19.2. The molecule has 4 nitrogen and oxygen atoms in total. The van der Waals surface area contributed by atoms with Crippen molar-refractivity contribution in [2.75, 3.05) is 6.61 Å². The van der Waals surface area contributed by atoms with Crippen LogP contribution in [-0.4, -0.2) is 18.5 Å². The zero-order chi connectivity index (χ0) is 20.8. The first-order valence-corrected chi connectivity index (χ1v) is 9.89. The maximum Gasteiger partial charge on any atom is 0.306 e. The van der Waals surface area contributed by atoms with E-state index in [4.69, 9.17) is 9.47 Å². The van der Waals surface area contributed by atoms with Gasteiger partial charge in [0, 0.05) is 0 Å². The van der Waals surface area contributed by atoms with Crippen LogP contribution in [0, 0.1) is 17.5 Å². The third-order valence-electron chi connectivity index (χ3n) is 4.31. The van der Waals surface area contributed by atoms with Crippen LogP contribution in [0.3, 0.4) is 0 Å². The summed E-state index contributed by atoms with van der Waals surface area (Å²) >= 11 is 0. The lowest BCUT2D eigenvalue weighted by atomic mass is 10.1. The fourth-order valence-electron chi connectivity index (χ4n) is 2.62. The number of esters is 2. The summed E-state index contributed by atoms with van der Waals surface area (Å²) in [6.07, 6.45) is 8.62. The summed E-state index contributed by atoms with van der Waals surface area (Å²) in [5.74, 6) is -4.96. The van der Waals surface area contributed by atoms with Crippen LogP contribution in [-0.2, 0) is 25.7 Å². The molecule has 0 heterocycles. The summed E-state index contributed by atoms with van der Waals surface area (Å²) in [4.78, 5) is 23.2. The van der Waals surface area contributed by atoms with Gasteiger partial charge in [-0.3, -0.25) is 9.59 Å². The van der Waals surface area contributed by atoms with Gasteiger partial charge >= 0.3 is 11.9 Å². The molecule has 0 spiro atoms. The summed E-state index contributed by atoms with van der Waals surface area (Å²) in [6.45, 7) is 1.75. The van der Waals surface area contributed by atoms with Crippen LogP contribution in [0.1, 0.15) is 76.7 Å². The van der Waals surface area contributed by atoms with Gasteiger partial charge in [0.1, 0.15) is 12.4 Å². The van der Waals surface area contributed by atoms with Gasteiger partial charge in [-0.15, -0.1) is 0 Å². The lowest BCUT2D eigenvalue weighted by Gasteiger charge is -2.08. The van der Waals surface area contributed by atoms with Gasteiger partial charge in [0.25, 0.3) is 0 Å². The molecule has 0 atom stereocenters. The smallest absolute Gasteiger partial charge is 0.306 e. The van der Waals surface area contributed by atoms with Gasteiger partial charge in [0.15, 0.2) is 11.6 Å². The van der Waals surface area contributed by atoms with Crippen molar-refractivity contribution in [3.63, 3.8) is 0 Å². The first kappa shape index (κ1) is 24.0. The Morgan fingerprint density at radius 3 is 1.96 bits per heavy atom. The van der Waals surface area contributed by atoms with Crippen LogP contribution in [0.25, 0.3) is 0 Å². The van der Waals surface area contributed by atoms with Gasteiger partial charge < -0.3 is 9.47 Å². The van der Waals surface area contributed by atoms with E-state index >= 15 is 0 Å². The van der Waals surface area contributed by atoms with Crippen molar-refractivity contribution < 1.29 is 32.2 Å². The molecule has 0 aliphatic rings. The highest BCUT2D eigenvalue weighted by Gasteiger charge is 2.16. The van der Waals surface area contributed by atoms with Crippen molar-refractivity contribution in [1.82, 2.24) is 0 Å². The fourth-order valence-corrected chi connectivity index (χ4v) is 2.62. The molecule has 1 aromatic rings. The minimum Gasteiger partial charge on any atom is -0.466 e. The zero-order valence-electron chi connectivity index (χ0n) is 16.4. The number of hydrogen-bond acceptors (Lipinski definition) is 4. The molecule has 28 heavy (non-hydrogen) atoms. The minimum atomic E-state index is -1.39. The molecule has 1 aromatic carbocycles. The Morgan fingerprint density at radius 2 is 1.32 bits per heavy atom. The quantitative estimate of drug-likeness (QED) is 0.231. The second-order valence-corrected chi connectivity index (χ2v) is 6.68. The number of unbranched alkanes of at least 4 members (excludes halogenated alkanes) is 7. The van der Waals surface area contributed by atoms with E-state index in [0.29, 0.717) is 12.7 Å². The van der Waals surface area contributed by atoms with Crippen LogP contribution in [0.2, 0.25) is 0 Å². The molecule has 0 unspecified atom stereocenters. The molecular formula is C21H29F3O4. The van der Waals surface area contributed by atoms with Crippen LogP contribution in [0.4, 0.5) is 13.2 Å². The van der Waals surface area contributed by atoms with E-state index in [1.54, 1.807) is 0 Å². The first-order chi connectivity index (χ1) is 13.5. The van der Waals surface area contributed by atoms with E-state index in [-0.39, 0.29) is 12.8 Å². The highest BCUT2D eigenvalue weighted by Crippen LogP contribution is 2.17. The van der Waals surface area contributed by atoms with Gasteiger partial charge in [-0.05, 0) is 18.6 Å². The molecule has 0 amide bonds. The Hall–Kier alpha value is -2.05. The number of rotatable bonds is 14. The summed E-state index contributed by atoms with van der Waals surface area (Å²) in [6, 6.07) is 1.41. The van der Waals surface area contributed by atoms with Gasteiger partial charge in [-0.1, -0.05) is 51.9 Å². The lowest BCUT2D eigenvalue weighted by molar-refractivity contribution is -0.151. The summed E-state index contributed by atoms with van der Waals surface area (Å²) in [5.41, 5.74) is -0.661. The van der Waals surface area contributed by atoms with E-state index in [0.717, 1.165) is 25.3 Å². The number of ether oxygens (including phenoxy) is 2. The summed E-state index contributed by atoms with van der Waals surface area (Å²) < 4.78 is 49.7. The summed E-state index contributed by atoms with van der Waals surface area (Å²) in [5, 5.41) is 0. The van der Waals surface area contributed by atoms with E-state index < -0.39 is 41.6 Å². The van der Waals surface area contributed by atoms with Crippen LogP contribution in [0.15, 0.2) is 12.1 Å². The molecule has 1 rings (SSSR count). The predicted molar refractivity (Wildman–Crippen MR) is 98.9 cm³/mol. The molecule has 0 aromatic heterocycles. The second kappa shape index (κ2) is 14.0. The molecule has 0 saturated heterocycles. The average Bonchev–Trinajstić information content (AvgIpc) is 2.68. The second-order valence-electron chi connectivity index (χ2n) is 6.68. The van der Waals surface area contributed by atoms with Crippen molar-refractivity contribution in [1.29, 1.82) is 0 Å². The van der Waals surface area contributed by atoms with Gasteiger partial charge in [-0.2, -0.15) is 0 Å². The SMILES string of the molecule is CCCCCCCCCCOC(=O)CCC(=O)OCc1c(F)ccc(F)c1F. The topological polar surface area (TPSA) is 52.6 Å². The molecular weight excluding hydrogens is 373 g/mol. The van der Waals surface area contributed by atoms with Crippen molar-refractivity contribution in [2.45, 2.75) is 77.7 Å². The van der Waals surface area contributed by atoms with Crippen LogP contribution >= 0.6 is 0 Å². The number of carbonyl (C=O) groups is 2. The predicted octanol–water partition coefficient (Wildman–Crippen LogP) is 5.61. The highest BCUT2D eigenvalue weighted by molar-refractivity contribution is 5.77. The van der Waals surface area contributed by atoms with Crippen molar-refractivity contribution in [3.8, 4) is 0 Å². The normalized spacial score (nSPS) is 10.7. The third kappa shape index (κ3) is 9.76. The molecule has 0 aliphatic heterocycles. The van der Waals surface area contributed by atoms with Gasteiger partial charge in [0.2, 0.25) is 0 Å². The van der Waals surface area contributed by atoms with E-state index in [1.165, 1.54) is 32.1 Å². The van der Waals surface area contributed by atoms with Gasteiger partial charge in [-0.25, -0.2) is 13.2 Å². The third-order valence-corrected chi connectivity index (χ3v) is 4.31. The number of carbonyl (C=O) groups excluding carboxylic acids is 2. The monoisotopic (exact) mass is 402 g/mol. The average molecular weight is 402 g/mol. The molecule has 0 radical (unpaired) electrons. The van der Waals surface area contributed by atoms with E-state index in [1.807, 2.05) is 0 Å². The number of hydrogen-bond donors (Lipinski definition) is 0. The zero-order valence-corrected chi connectivity index (χ0v) is 16.4. The molecule has 0 aliphatic carbocycles. The molecule has 7 heteroatoms. The maximum atomic E-state index is 13.5. The van der Waals surface area contributed by atoms with Crippen molar-refractivity contribution in [2.24, 2.45) is 0 Å². The largest absolute Gasteiger partial charge is 0.466 e. The Kier molecular flexibility index (Phi) is 12.0. The van der Waals surface area contributed by atoms with E-state index in [2.05, 4.69) is 6.92 Å². The Balaban J connectivity index is 2.10. The van der Waals surface area contributed by atoms with E-state index in [9.17, 15) is 22.8 Å². The molecule has 0 fully saturated rings. The van der Waals surface area contributed by atoms with Gasteiger partial charge in [0.05, 0.1) is 25.0 Å². The van der Waals surface area contributed by atoms with Crippen LogP contribution in [0.5, 0.6) is 0 Å². The Morgan fingerprint density at radius 1 is 0.786 bits per heavy atom. The Bertz CT molecular complexity index is 620. The molecule has 158 valence electrons. The summed E-state index contributed by atoms with van der Waals surface area (Å²) in [7, 11) is 0. The Labute approximate surface area is 164 Å². The molecule has 0 bridgehead atoms. The maximum absolute atomic E-state index is 13.5. The number of halogens is 3. The minimum absolute atomic E-state index is 0.177. The standard InChI is InChI=1S/C21H29F3O4/c1-2-3-4-5-6-7-8-9-14-27-19(25)12-13-20(26)28-15-16-17(22)10-11-18(23)21(16)24/h10-11H,2-9,12-15H2,1H3. The molecule has 0 saturated carbocycles. The van der Waals surface area contributed by atoms with Crippen molar-refractivity contribution >= 4 is 11.9 Å². The van der Waals surface area contributed by atoms with Crippen LogP contribution < -0.4 is 0 Å². The fraction of sp³-hybridized carbons (Fsp3) is 0.619. The number of benzene rings is 1.